The van der Waals surface area contributed by atoms with Crippen molar-refractivity contribution >= 4 is 8.32 Å². The molecule has 0 unspecified atom stereocenters. The van der Waals surface area contributed by atoms with Gasteiger partial charge < -0.3 is 9.53 Å². The maximum atomic E-state index is 9.82. The van der Waals surface area contributed by atoms with E-state index in [-0.39, 0.29) is 11.0 Å². The van der Waals surface area contributed by atoms with E-state index in [1.165, 1.54) is 0 Å². The molecule has 1 atom stereocenters. The van der Waals surface area contributed by atoms with Gasteiger partial charge in [0, 0.05) is 12.5 Å². The predicted octanol–water partition coefficient (Wildman–Crippen LogP) is 3.42. The number of hydrogen-bond donors (Lipinski definition) is 1. The van der Waals surface area contributed by atoms with Crippen LogP contribution in [0.2, 0.25) is 18.1 Å². The van der Waals surface area contributed by atoms with Gasteiger partial charge in [0.1, 0.15) is 0 Å². The minimum Gasteiger partial charge on any atom is -0.416 e. The fourth-order valence-electron chi connectivity index (χ4n) is 0.754. The summed E-state index contributed by atoms with van der Waals surface area (Å²) in [5.41, 5.74) is -0.650. The second kappa shape index (κ2) is 4.56. The Bertz CT molecular complexity index is 199. The van der Waals surface area contributed by atoms with Gasteiger partial charge in [-0.15, -0.1) is 0 Å². The van der Waals surface area contributed by atoms with Crippen LogP contribution in [0.1, 0.15) is 41.5 Å². The van der Waals surface area contributed by atoms with E-state index in [0.29, 0.717) is 6.61 Å². The summed E-state index contributed by atoms with van der Waals surface area (Å²) < 4.78 is 6.06. The molecule has 0 bridgehead atoms. The average molecular weight is 232 g/mol. The van der Waals surface area contributed by atoms with Crippen LogP contribution in [0.25, 0.3) is 0 Å². The van der Waals surface area contributed by atoms with Gasteiger partial charge in [-0.25, -0.2) is 0 Å². The minimum absolute atomic E-state index is 0.173. The summed E-state index contributed by atoms with van der Waals surface area (Å²) in [7, 11) is -1.66. The molecule has 0 fully saturated rings. The Balaban J connectivity index is 4.29. The number of aliphatic hydroxyl groups is 1. The van der Waals surface area contributed by atoms with E-state index in [1.54, 1.807) is 0 Å². The molecule has 0 aliphatic heterocycles. The van der Waals surface area contributed by atoms with Crippen molar-refractivity contribution in [3.05, 3.63) is 0 Å². The van der Waals surface area contributed by atoms with Crippen LogP contribution in [-0.2, 0) is 4.43 Å². The van der Waals surface area contributed by atoms with Crippen molar-refractivity contribution in [2.45, 2.75) is 65.3 Å². The summed E-state index contributed by atoms with van der Waals surface area (Å²) in [5.74, 6) is 0.173. The Morgan fingerprint density at radius 3 is 1.80 bits per heavy atom. The van der Waals surface area contributed by atoms with Gasteiger partial charge in [-0.05, 0) is 32.0 Å². The van der Waals surface area contributed by atoms with Crippen molar-refractivity contribution in [2.75, 3.05) is 6.61 Å². The van der Waals surface area contributed by atoms with E-state index in [0.717, 1.165) is 0 Å². The van der Waals surface area contributed by atoms with E-state index in [1.807, 2.05) is 20.8 Å². The molecular formula is C12H28O2Si. The topological polar surface area (TPSA) is 29.5 Å². The fraction of sp³-hybridized carbons (Fsp3) is 1.00. The van der Waals surface area contributed by atoms with Crippen LogP contribution in [-0.4, -0.2) is 25.6 Å². The van der Waals surface area contributed by atoms with Gasteiger partial charge in [-0.3, -0.25) is 0 Å². The monoisotopic (exact) mass is 232 g/mol. The van der Waals surface area contributed by atoms with E-state index in [9.17, 15) is 5.11 Å². The summed E-state index contributed by atoms with van der Waals surface area (Å²) in [6.45, 7) is 17.5. The van der Waals surface area contributed by atoms with Crippen LogP contribution < -0.4 is 0 Å². The maximum absolute atomic E-state index is 9.82. The van der Waals surface area contributed by atoms with Gasteiger partial charge in [0.25, 0.3) is 0 Å². The molecule has 0 heterocycles. The zero-order valence-electron chi connectivity index (χ0n) is 11.6. The van der Waals surface area contributed by atoms with Crippen molar-refractivity contribution in [1.29, 1.82) is 0 Å². The third-order valence-electron chi connectivity index (χ3n) is 3.71. The highest BCUT2D eigenvalue weighted by atomic mass is 28.4. The van der Waals surface area contributed by atoms with Crippen molar-refractivity contribution < 1.29 is 9.53 Å². The standard InChI is InChI=1S/C12H28O2Si/c1-10(12(5,6)13)9-14-15(7,8)11(2,3)4/h10,13H,9H2,1-8H3/t10-/m0/s1. The molecular weight excluding hydrogens is 204 g/mol. The van der Waals surface area contributed by atoms with Crippen molar-refractivity contribution in [3.63, 3.8) is 0 Å². The molecule has 0 amide bonds. The van der Waals surface area contributed by atoms with Gasteiger partial charge in [0.15, 0.2) is 8.32 Å². The first-order valence-electron chi connectivity index (χ1n) is 5.74. The zero-order valence-corrected chi connectivity index (χ0v) is 12.6. The van der Waals surface area contributed by atoms with Crippen LogP contribution in [0, 0.1) is 5.92 Å². The third-order valence-corrected chi connectivity index (χ3v) is 8.21. The number of hydrogen-bond acceptors (Lipinski definition) is 2. The van der Waals surface area contributed by atoms with Crippen molar-refractivity contribution in [3.8, 4) is 0 Å². The Morgan fingerprint density at radius 1 is 1.13 bits per heavy atom. The Kier molecular flexibility index (Phi) is 4.60. The molecule has 0 aliphatic carbocycles. The van der Waals surface area contributed by atoms with Crippen LogP contribution in [0.4, 0.5) is 0 Å². The van der Waals surface area contributed by atoms with Gasteiger partial charge in [0.2, 0.25) is 0 Å². The van der Waals surface area contributed by atoms with E-state index in [4.69, 9.17) is 4.43 Å². The van der Waals surface area contributed by atoms with Crippen molar-refractivity contribution in [1.82, 2.24) is 0 Å². The molecule has 0 saturated heterocycles. The molecule has 0 radical (unpaired) electrons. The first kappa shape index (κ1) is 15.1. The molecule has 1 N–H and O–H groups in total. The molecule has 2 nitrogen and oxygen atoms in total. The van der Waals surface area contributed by atoms with E-state index in [2.05, 4.69) is 33.9 Å². The molecule has 0 saturated carbocycles. The molecule has 3 heteroatoms. The predicted molar refractivity (Wildman–Crippen MR) is 68.6 cm³/mol. The lowest BCUT2D eigenvalue weighted by molar-refractivity contribution is 0.00260. The van der Waals surface area contributed by atoms with Gasteiger partial charge >= 0.3 is 0 Å². The van der Waals surface area contributed by atoms with E-state index >= 15 is 0 Å². The lowest BCUT2D eigenvalue weighted by Gasteiger charge is -2.38. The van der Waals surface area contributed by atoms with Gasteiger partial charge in [-0.2, -0.15) is 0 Å². The lowest BCUT2D eigenvalue weighted by atomic mass is 9.94. The largest absolute Gasteiger partial charge is 0.416 e. The quantitative estimate of drug-likeness (QED) is 0.753. The molecule has 15 heavy (non-hydrogen) atoms. The highest BCUT2D eigenvalue weighted by molar-refractivity contribution is 6.74. The molecule has 92 valence electrons. The Morgan fingerprint density at radius 2 is 1.53 bits per heavy atom. The lowest BCUT2D eigenvalue weighted by Crippen LogP contribution is -2.44. The summed E-state index contributed by atoms with van der Waals surface area (Å²) in [5, 5.41) is 10.1. The SMILES string of the molecule is C[C@@H](CO[Si](C)(C)C(C)(C)C)C(C)(C)O. The zero-order chi connectivity index (χ0) is 12.5. The second-order valence-corrected chi connectivity index (χ2v) is 11.4. The van der Waals surface area contributed by atoms with Crippen LogP contribution >= 0.6 is 0 Å². The highest BCUT2D eigenvalue weighted by Crippen LogP contribution is 2.37. The first-order chi connectivity index (χ1) is 6.38. The molecule has 0 rings (SSSR count). The summed E-state index contributed by atoms with van der Waals surface area (Å²) >= 11 is 0. The maximum Gasteiger partial charge on any atom is 0.191 e. The van der Waals surface area contributed by atoms with Gasteiger partial charge in [0.05, 0.1) is 5.60 Å². The Hall–Kier alpha value is 0.137. The first-order valence-corrected chi connectivity index (χ1v) is 8.65. The third kappa shape index (κ3) is 4.66. The fourth-order valence-corrected chi connectivity index (χ4v) is 1.85. The second-order valence-electron chi connectivity index (χ2n) is 6.63. The smallest absolute Gasteiger partial charge is 0.191 e. The summed E-state index contributed by atoms with van der Waals surface area (Å²) in [6.07, 6.45) is 0. The number of rotatable bonds is 4. The molecule has 0 aromatic rings. The Labute approximate surface area is 96.2 Å². The minimum atomic E-state index is -1.66. The van der Waals surface area contributed by atoms with Crippen LogP contribution in [0.3, 0.4) is 0 Å². The average Bonchev–Trinajstić information content (AvgIpc) is 1.96. The van der Waals surface area contributed by atoms with Crippen LogP contribution in [0.5, 0.6) is 0 Å². The summed E-state index contributed by atoms with van der Waals surface area (Å²) in [4.78, 5) is 0. The molecule has 0 aliphatic rings. The summed E-state index contributed by atoms with van der Waals surface area (Å²) in [6, 6.07) is 0. The molecule has 0 aromatic heterocycles. The molecule has 0 aromatic carbocycles. The van der Waals surface area contributed by atoms with Crippen LogP contribution in [0.15, 0.2) is 0 Å². The molecule has 0 spiro atoms. The highest BCUT2D eigenvalue weighted by Gasteiger charge is 2.38. The normalized spacial score (nSPS) is 16.6. The van der Waals surface area contributed by atoms with Crippen molar-refractivity contribution in [2.24, 2.45) is 5.92 Å². The van der Waals surface area contributed by atoms with E-state index < -0.39 is 13.9 Å². The van der Waals surface area contributed by atoms with Gasteiger partial charge in [-0.1, -0.05) is 27.7 Å².